The fraction of sp³-hybridized carbons (Fsp3) is 0.611. The van der Waals surface area contributed by atoms with Gasteiger partial charge in [0, 0.05) is 30.0 Å². The maximum atomic E-state index is 11.1. The Balaban J connectivity index is 1.79. The maximum absolute atomic E-state index is 11.1. The summed E-state index contributed by atoms with van der Waals surface area (Å²) in [7, 11) is -1.78. The van der Waals surface area contributed by atoms with Gasteiger partial charge in [0.2, 0.25) is 0 Å². The average molecular weight is 396 g/mol. The lowest BCUT2D eigenvalue weighted by molar-refractivity contribution is -0.384. The highest BCUT2D eigenvalue weighted by Crippen LogP contribution is 2.49. The zero-order chi connectivity index (χ0) is 19.3. The number of nitro groups is 1. The van der Waals surface area contributed by atoms with Crippen molar-refractivity contribution in [3.05, 3.63) is 33.5 Å². The fourth-order valence-electron chi connectivity index (χ4n) is 2.75. The third-order valence-corrected chi connectivity index (χ3v) is 10.7. The van der Waals surface area contributed by atoms with E-state index in [0.717, 1.165) is 36.9 Å². The first-order chi connectivity index (χ1) is 11.9. The van der Waals surface area contributed by atoms with Crippen molar-refractivity contribution in [2.24, 2.45) is 5.41 Å². The van der Waals surface area contributed by atoms with E-state index in [2.05, 4.69) is 39.0 Å². The number of halogens is 1. The molecule has 2 aromatic rings. The predicted molar refractivity (Wildman–Crippen MR) is 106 cm³/mol. The van der Waals surface area contributed by atoms with E-state index in [9.17, 15) is 10.1 Å². The summed E-state index contributed by atoms with van der Waals surface area (Å²) in [6, 6.07) is 3.14. The Labute approximate surface area is 159 Å². The van der Waals surface area contributed by atoms with Gasteiger partial charge in [-0.05, 0) is 37.0 Å². The van der Waals surface area contributed by atoms with E-state index in [1.807, 2.05) is 4.68 Å². The Morgan fingerprint density at radius 3 is 2.58 bits per heavy atom. The molecule has 0 radical (unpaired) electrons. The summed E-state index contributed by atoms with van der Waals surface area (Å²) in [4.78, 5) is 10.6. The number of fused-ring (bicyclic) bond motifs is 1. The normalized spacial score (nSPS) is 16.8. The first kappa shape index (κ1) is 19.3. The van der Waals surface area contributed by atoms with E-state index in [1.165, 1.54) is 6.07 Å². The SMILES string of the molecule is CC(C)(C)[Si](C)(C)OCC1(Cn2ncc3cc([N+](=O)[O-])c(Cl)cc32)CC1. The molecule has 1 aromatic carbocycles. The highest BCUT2D eigenvalue weighted by molar-refractivity contribution is 6.74. The highest BCUT2D eigenvalue weighted by atomic mass is 35.5. The van der Waals surface area contributed by atoms with Crippen LogP contribution in [0.15, 0.2) is 18.3 Å². The first-order valence-corrected chi connectivity index (χ1v) is 12.2. The molecule has 0 spiro atoms. The van der Waals surface area contributed by atoms with E-state index >= 15 is 0 Å². The van der Waals surface area contributed by atoms with Crippen LogP contribution in [0.25, 0.3) is 10.9 Å². The number of benzene rings is 1. The summed E-state index contributed by atoms with van der Waals surface area (Å²) in [5, 5.41) is 16.6. The second-order valence-electron chi connectivity index (χ2n) is 8.97. The van der Waals surface area contributed by atoms with E-state index in [4.69, 9.17) is 16.0 Å². The molecule has 0 saturated heterocycles. The molecular formula is C18H26ClN3O3Si. The molecule has 1 aromatic heterocycles. The summed E-state index contributed by atoms with van der Waals surface area (Å²) in [6.07, 6.45) is 3.90. The first-order valence-electron chi connectivity index (χ1n) is 8.88. The van der Waals surface area contributed by atoms with Gasteiger partial charge in [-0.15, -0.1) is 0 Å². The molecule has 0 amide bonds. The molecule has 1 aliphatic carbocycles. The van der Waals surface area contributed by atoms with Gasteiger partial charge in [0.15, 0.2) is 8.32 Å². The quantitative estimate of drug-likeness (QED) is 0.373. The van der Waals surface area contributed by atoms with Crippen LogP contribution in [0.5, 0.6) is 0 Å². The number of hydrogen-bond acceptors (Lipinski definition) is 4. The molecule has 0 bridgehead atoms. The maximum Gasteiger partial charge on any atom is 0.288 e. The molecular weight excluding hydrogens is 370 g/mol. The minimum atomic E-state index is -1.78. The molecule has 0 N–H and O–H groups in total. The third kappa shape index (κ3) is 3.65. The minimum absolute atomic E-state index is 0.0823. The number of nitrogens with zero attached hydrogens (tertiary/aromatic N) is 3. The molecule has 26 heavy (non-hydrogen) atoms. The van der Waals surface area contributed by atoms with Crippen LogP contribution < -0.4 is 0 Å². The highest BCUT2D eigenvalue weighted by Gasteiger charge is 2.47. The number of aromatic nitrogens is 2. The number of nitro benzene ring substituents is 1. The summed E-state index contributed by atoms with van der Waals surface area (Å²) in [6.45, 7) is 12.8. The third-order valence-electron chi connectivity index (χ3n) is 5.89. The Bertz CT molecular complexity index is 853. The van der Waals surface area contributed by atoms with Crippen LogP contribution in [0, 0.1) is 15.5 Å². The van der Waals surface area contributed by atoms with Crippen molar-refractivity contribution < 1.29 is 9.35 Å². The van der Waals surface area contributed by atoms with Crippen molar-refractivity contribution in [3.63, 3.8) is 0 Å². The standard InChI is InChI=1S/C18H26ClN3O3Si/c1-17(2,3)26(4,5)25-12-18(6-7-18)11-21-15-9-14(19)16(22(23)24)8-13(15)10-20-21/h8-10H,6-7,11-12H2,1-5H3. The van der Waals surface area contributed by atoms with E-state index in [0.29, 0.717) is 0 Å². The number of hydrogen-bond donors (Lipinski definition) is 0. The predicted octanol–water partition coefficient (Wildman–Crippen LogP) is 5.40. The van der Waals surface area contributed by atoms with Gasteiger partial charge in [-0.25, -0.2) is 0 Å². The zero-order valence-corrected chi connectivity index (χ0v) is 17.8. The van der Waals surface area contributed by atoms with Gasteiger partial charge in [0.1, 0.15) is 5.02 Å². The van der Waals surface area contributed by atoms with E-state index < -0.39 is 13.2 Å². The molecule has 1 saturated carbocycles. The van der Waals surface area contributed by atoms with Crippen molar-refractivity contribution in [2.45, 2.75) is 58.3 Å². The van der Waals surface area contributed by atoms with Gasteiger partial charge in [0.05, 0.1) is 16.6 Å². The van der Waals surface area contributed by atoms with Crippen molar-refractivity contribution in [3.8, 4) is 0 Å². The monoisotopic (exact) mass is 395 g/mol. The molecule has 0 aliphatic heterocycles. The molecule has 0 unspecified atom stereocenters. The lowest BCUT2D eigenvalue weighted by Crippen LogP contribution is -2.42. The van der Waals surface area contributed by atoms with E-state index in [-0.39, 0.29) is 21.2 Å². The van der Waals surface area contributed by atoms with Crippen LogP contribution in [-0.2, 0) is 11.0 Å². The van der Waals surface area contributed by atoms with Crippen molar-refractivity contribution in [2.75, 3.05) is 6.61 Å². The van der Waals surface area contributed by atoms with Crippen molar-refractivity contribution in [1.82, 2.24) is 9.78 Å². The van der Waals surface area contributed by atoms with Crippen LogP contribution in [0.4, 0.5) is 5.69 Å². The van der Waals surface area contributed by atoms with Crippen LogP contribution in [0.2, 0.25) is 23.2 Å². The summed E-state index contributed by atoms with van der Waals surface area (Å²) in [5.41, 5.74) is 0.864. The summed E-state index contributed by atoms with van der Waals surface area (Å²) >= 11 is 6.08. The lowest BCUT2D eigenvalue weighted by Gasteiger charge is -2.37. The Kier molecular flexibility index (Phi) is 4.70. The molecule has 6 nitrogen and oxygen atoms in total. The van der Waals surface area contributed by atoms with Crippen LogP contribution >= 0.6 is 11.6 Å². The lowest BCUT2D eigenvalue weighted by atomic mass is 10.1. The largest absolute Gasteiger partial charge is 0.416 e. The van der Waals surface area contributed by atoms with Crippen molar-refractivity contribution in [1.29, 1.82) is 0 Å². The van der Waals surface area contributed by atoms with Crippen LogP contribution in [0.1, 0.15) is 33.6 Å². The second-order valence-corrected chi connectivity index (χ2v) is 14.2. The zero-order valence-electron chi connectivity index (χ0n) is 16.0. The van der Waals surface area contributed by atoms with Gasteiger partial charge in [-0.1, -0.05) is 32.4 Å². The second kappa shape index (κ2) is 6.32. The molecule has 142 valence electrons. The van der Waals surface area contributed by atoms with E-state index in [1.54, 1.807) is 12.3 Å². The smallest absolute Gasteiger partial charge is 0.288 e. The van der Waals surface area contributed by atoms with Gasteiger partial charge in [0.25, 0.3) is 5.69 Å². The number of rotatable bonds is 6. The van der Waals surface area contributed by atoms with Gasteiger partial charge in [-0.3, -0.25) is 14.8 Å². The minimum Gasteiger partial charge on any atom is -0.416 e. The Morgan fingerprint density at radius 2 is 2.04 bits per heavy atom. The van der Waals surface area contributed by atoms with Crippen molar-refractivity contribution >= 4 is 36.5 Å². The fourth-order valence-corrected chi connectivity index (χ4v) is 4.07. The van der Waals surface area contributed by atoms with Crippen LogP contribution in [-0.4, -0.2) is 29.6 Å². The van der Waals surface area contributed by atoms with Gasteiger partial charge < -0.3 is 4.43 Å². The Morgan fingerprint density at radius 1 is 1.38 bits per heavy atom. The molecule has 8 heteroatoms. The topological polar surface area (TPSA) is 70.2 Å². The molecule has 1 fully saturated rings. The van der Waals surface area contributed by atoms with Gasteiger partial charge >= 0.3 is 0 Å². The average Bonchev–Trinajstić information content (AvgIpc) is 3.19. The van der Waals surface area contributed by atoms with Crippen LogP contribution in [0.3, 0.4) is 0 Å². The van der Waals surface area contributed by atoms with Gasteiger partial charge in [-0.2, -0.15) is 5.10 Å². The molecule has 0 atom stereocenters. The molecule has 1 heterocycles. The molecule has 3 rings (SSSR count). The summed E-state index contributed by atoms with van der Waals surface area (Å²) in [5.74, 6) is 0. The molecule has 1 aliphatic rings. The Hall–Kier alpha value is -1.44. The summed E-state index contributed by atoms with van der Waals surface area (Å²) < 4.78 is 8.35.